The van der Waals surface area contributed by atoms with Gasteiger partial charge in [0.15, 0.2) is 0 Å². The maximum atomic E-state index is 14.5. The second-order valence-corrected chi connectivity index (χ2v) is 10.0. The molecule has 1 amide bonds. The fourth-order valence-corrected chi connectivity index (χ4v) is 4.82. The molecule has 1 aliphatic rings. The number of fused-ring (bicyclic) bond motifs is 2. The van der Waals surface area contributed by atoms with Gasteiger partial charge in [0, 0.05) is 28.6 Å². The number of methoxy groups -OCH3 is 1. The van der Waals surface area contributed by atoms with Gasteiger partial charge in [-0.15, -0.1) is 5.10 Å². The number of amides is 1. The van der Waals surface area contributed by atoms with E-state index in [0.29, 0.717) is 16.6 Å². The minimum atomic E-state index is -4.92. The number of alkyl halides is 5. The fourth-order valence-electron chi connectivity index (χ4n) is 4.82. The zero-order chi connectivity index (χ0) is 30.2. The highest BCUT2D eigenvalue weighted by atomic mass is 19.4. The van der Waals surface area contributed by atoms with Crippen molar-refractivity contribution < 1.29 is 40.6 Å². The van der Waals surface area contributed by atoms with Gasteiger partial charge >= 0.3 is 6.18 Å². The fraction of sp³-hybridized carbons (Fsp3) is 0.310. The average Bonchev–Trinajstić information content (AvgIpc) is 3.34. The molecule has 0 spiro atoms. The Labute approximate surface area is 235 Å². The van der Waals surface area contributed by atoms with Crippen LogP contribution in [0.5, 0.6) is 11.5 Å². The van der Waals surface area contributed by atoms with Crippen LogP contribution in [0.15, 0.2) is 48.5 Å². The molecule has 0 bridgehead atoms. The summed E-state index contributed by atoms with van der Waals surface area (Å²) in [6.45, 7) is -2.16. The van der Waals surface area contributed by atoms with Gasteiger partial charge in [0.1, 0.15) is 54.4 Å². The smallest absolute Gasteiger partial charge is 0.398 e. The van der Waals surface area contributed by atoms with E-state index in [-0.39, 0.29) is 33.9 Å². The van der Waals surface area contributed by atoms with Crippen LogP contribution in [-0.2, 0) is 5.41 Å². The lowest BCUT2D eigenvalue weighted by Crippen LogP contribution is -2.36. The first-order chi connectivity index (χ1) is 20.0. The Morgan fingerprint density at radius 3 is 2.45 bits per heavy atom. The van der Waals surface area contributed by atoms with Crippen molar-refractivity contribution in [3.05, 3.63) is 76.9 Å². The lowest BCUT2D eigenvalue weighted by atomic mass is 9.83. The van der Waals surface area contributed by atoms with Gasteiger partial charge in [-0.3, -0.25) is 4.79 Å². The van der Waals surface area contributed by atoms with E-state index in [4.69, 9.17) is 9.47 Å². The highest BCUT2D eigenvalue weighted by Gasteiger charge is 2.47. The summed E-state index contributed by atoms with van der Waals surface area (Å²) in [5.74, 6) is -3.66. The summed E-state index contributed by atoms with van der Waals surface area (Å²) >= 11 is 0. The van der Waals surface area contributed by atoms with Gasteiger partial charge < -0.3 is 14.8 Å². The van der Waals surface area contributed by atoms with Crippen LogP contribution in [0.2, 0.25) is 0 Å². The van der Waals surface area contributed by atoms with E-state index in [1.165, 1.54) is 31.4 Å². The normalized spacial score (nSPS) is 14.8. The number of benzene rings is 2. The number of aryl methyl sites for hydroxylation is 1. The molecule has 3 heterocycles. The molecule has 1 atom stereocenters. The summed E-state index contributed by atoms with van der Waals surface area (Å²) in [4.78, 5) is 17.2. The lowest BCUT2D eigenvalue weighted by Gasteiger charge is -2.24. The third kappa shape index (κ3) is 5.30. The molecule has 0 fully saturated rings. The Morgan fingerprint density at radius 1 is 1.10 bits per heavy atom. The van der Waals surface area contributed by atoms with Crippen molar-refractivity contribution in [2.45, 2.75) is 24.4 Å². The minimum Gasteiger partial charge on any atom is -0.494 e. The number of hydrogen-bond acceptors (Lipinski definition) is 6. The summed E-state index contributed by atoms with van der Waals surface area (Å²) < 4.78 is 96.1. The van der Waals surface area contributed by atoms with E-state index in [1.54, 1.807) is 13.0 Å². The topological polar surface area (TPSA) is 86.2 Å². The van der Waals surface area contributed by atoms with Crippen LogP contribution in [0.3, 0.4) is 0 Å². The third-order valence-corrected chi connectivity index (χ3v) is 7.16. The molecular formula is C29H24F6N4O3. The molecule has 0 saturated heterocycles. The maximum Gasteiger partial charge on any atom is 0.398 e. The van der Waals surface area contributed by atoms with Gasteiger partial charge in [-0.05, 0) is 55.5 Å². The van der Waals surface area contributed by atoms with Crippen molar-refractivity contribution in [3.63, 3.8) is 0 Å². The highest BCUT2D eigenvalue weighted by molar-refractivity contribution is 5.99. The molecule has 1 unspecified atom stereocenters. The summed E-state index contributed by atoms with van der Waals surface area (Å²) in [6.07, 6.45) is -4.92. The van der Waals surface area contributed by atoms with Gasteiger partial charge in [-0.2, -0.15) is 18.3 Å². The zero-order valence-electron chi connectivity index (χ0n) is 22.4. The molecule has 2 aromatic carbocycles. The molecule has 4 aromatic rings. The largest absolute Gasteiger partial charge is 0.494 e. The van der Waals surface area contributed by atoms with Crippen molar-refractivity contribution in [1.82, 2.24) is 20.5 Å². The molecule has 2 aromatic heterocycles. The first kappa shape index (κ1) is 29.1. The second kappa shape index (κ2) is 11.1. The predicted molar refractivity (Wildman–Crippen MR) is 141 cm³/mol. The van der Waals surface area contributed by atoms with E-state index in [1.807, 2.05) is 0 Å². The lowest BCUT2D eigenvalue weighted by molar-refractivity contribution is -0.149. The van der Waals surface area contributed by atoms with Crippen LogP contribution in [0.25, 0.3) is 22.2 Å². The molecule has 1 aliphatic heterocycles. The molecule has 13 heteroatoms. The number of rotatable bonds is 8. The summed E-state index contributed by atoms with van der Waals surface area (Å²) in [5, 5.41) is 10.8. The number of aromatic nitrogens is 3. The van der Waals surface area contributed by atoms with Crippen molar-refractivity contribution >= 4 is 16.8 Å². The third-order valence-electron chi connectivity index (χ3n) is 7.16. The minimum absolute atomic E-state index is 0.0175. The number of nitrogens with zero attached hydrogens (tertiary/aromatic N) is 3. The molecule has 1 N–H and O–H groups in total. The van der Waals surface area contributed by atoms with Crippen LogP contribution in [0.4, 0.5) is 26.3 Å². The van der Waals surface area contributed by atoms with Gasteiger partial charge in [0.2, 0.25) is 0 Å². The monoisotopic (exact) mass is 590 g/mol. The zero-order valence-corrected chi connectivity index (χ0v) is 22.4. The summed E-state index contributed by atoms with van der Waals surface area (Å²) in [7, 11) is 1.36. The summed E-state index contributed by atoms with van der Waals surface area (Å²) in [6, 6.07) is 10.1. The van der Waals surface area contributed by atoms with Crippen LogP contribution >= 0.6 is 0 Å². The van der Waals surface area contributed by atoms with Gasteiger partial charge in [0.05, 0.1) is 23.9 Å². The molecule has 0 aliphatic carbocycles. The van der Waals surface area contributed by atoms with E-state index in [0.717, 1.165) is 18.2 Å². The van der Waals surface area contributed by atoms with E-state index < -0.39 is 61.4 Å². The predicted octanol–water partition coefficient (Wildman–Crippen LogP) is 5.79. The Balaban J connectivity index is 1.54. The molecule has 7 nitrogen and oxygen atoms in total. The SMILES string of the molecule is COc1cc(C(=O)NCC(c2cc3c(c(-c4ccc(F)cc4)n2)OCC3(CF)CF)C(F)(F)F)cc2cc(C)nnc12. The number of ether oxygens (including phenoxy) is 2. The van der Waals surface area contributed by atoms with Crippen molar-refractivity contribution in [1.29, 1.82) is 0 Å². The van der Waals surface area contributed by atoms with Gasteiger partial charge in [-0.1, -0.05) is 0 Å². The number of carbonyl (C=O) groups excluding carboxylic acids is 1. The molecular weight excluding hydrogens is 566 g/mol. The van der Waals surface area contributed by atoms with Crippen LogP contribution < -0.4 is 14.8 Å². The Hall–Kier alpha value is -4.42. The van der Waals surface area contributed by atoms with Crippen LogP contribution in [0.1, 0.15) is 33.2 Å². The Bertz CT molecular complexity index is 1640. The van der Waals surface area contributed by atoms with E-state index in [2.05, 4.69) is 20.5 Å². The van der Waals surface area contributed by atoms with Crippen LogP contribution in [-0.4, -0.2) is 60.9 Å². The Morgan fingerprint density at radius 2 is 1.81 bits per heavy atom. The standard InChI is InChI=1S/C29H24F6N4O3/c1-15-7-17-8-18(9-23(41-2)24(17)39-38-15)27(40)36-11-21(29(33,34)35)22-10-20-26(42-14-28(20,12-30)13-31)25(37-22)16-3-5-19(32)6-4-16/h3-10,21H,11-14H2,1-2H3,(H,36,40). The number of hydrogen-bond donors (Lipinski definition) is 1. The number of pyridine rings is 1. The van der Waals surface area contributed by atoms with Crippen molar-refractivity contribution in [2.24, 2.45) is 0 Å². The molecule has 5 rings (SSSR count). The van der Waals surface area contributed by atoms with E-state index in [9.17, 15) is 31.1 Å². The Kier molecular flexibility index (Phi) is 7.69. The second-order valence-electron chi connectivity index (χ2n) is 10.0. The van der Waals surface area contributed by atoms with Gasteiger partial charge in [-0.25, -0.2) is 18.2 Å². The van der Waals surface area contributed by atoms with Gasteiger partial charge in [0.25, 0.3) is 5.91 Å². The molecule has 220 valence electrons. The average molecular weight is 591 g/mol. The molecule has 0 saturated carbocycles. The first-order valence-corrected chi connectivity index (χ1v) is 12.7. The quantitative estimate of drug-likeness (QED) is 0.262. The number of nitrogens with one attached hydrogen (secondary N) is 1. The summed E-state index contributed by atoms with van der Waals surface area (Å²) in [5.41, 5.74) is -1.52. The maximum absolute atomic E-state index is 14.5. The van der Waals surface area contributed by atoms with Crippen LogP contribution in [0, 0.1) is 12.7 Å². The highest BCUT2D eigenvalue weighted by Crippen LogP contribution is 2.47. The van der Waals surface area contributed by atoms with E-state index >= 15 is 0 Å². The van der Waals surface area contributed by atoms with Crippen molar-refractivity contribution in [2.75, 3.05) is 33.6 Å². The van der Waals surface area contributed by atoms with Crippen molar-refractivity contribution in [3.8, 4) is 22.8 Å². The number of carbonyl (C=O) groups is 1. The molecule has 0 radical (unpaired) electrons. The number of halogens is 6. The molecule has 42 heavy (non-hydrogen) atoms. The first-order valence-electron chi connectivity index (χ1n) is 12.7.